The van der Waals surface area contributed by atoms with E-state index in [1.807, 2.05) is 18.2 Å². The Labute approximate surface area is 269 Å². The highest BCUT2D eigenvalue weighted by Crippen LogP contribution is 2.33. The zero-order valence-corrected chi connectivity index (χ0v) is 27.1. The summed E-state index contributed by atoms with van der Waals surface area (Å²) in [6.07, 6.45) is 14.2. The van der Waals surface area contributed by atoms with Crippen LogP contribution in [-0.2, 0) is 16.4 Å². The topological polar surface area (TPSA) is 122 Å². The number of sulfone groups is 1. The Morgan fingerprint density at radius 2 is 1.83 bits per heavy atom. The van der Waals surface area contributed by atoms with E-state index in [0.29, 0.717) is 35.6 Å². The fourth-order valence-electron chi connectivity index (χ4n) is 7.22. The van der Waals surface area contributed by atoms with Crippen LogP contribution < -0.4 is 16.2 Å². The number of fused-ring (bicyclic) bond motifs is 1. The first kappa shape index (κ1) is 30.7. The van der Waals surface area contributed by atoms with Crippen molar-refractivity contribution in [3.8, 4) is 0 Å². The molecule has 1 saturated heterocycles. The number of pyridine rings is 2. The molecule has 46 heavy (non-hydrogen) atoms. The number of likely N-dealkylation sites (tertiary alicyclic amines) is 1. The maximum Gasteiger partial charge on any atom is 0.257 e. The van der Waals surface area contributed by atoms with Crippen molar-refractivity contribution >= 4 is 38.1 Å². The molecular weight excluding hydrogens is 598 g/mol. The summed E-state index contributed by atoms with van der Waals surface area (Å²) in [6.45, 7) is 2.85. The summed E-state index contributed by atoms with van der Waals surface area (Å²) in [5, 5.41) is 6.98. The number of hydrogen-bond donors (Lipinski definition) is 2. The molecule has 0 amide bonds. The minimum atomic E-state index is -3.59. The number of nitrogens with zero attached hydrogens (tertiary/aromatic N) is 5. The Kier molecular flexibility index (Phi) is 8.72. The second-order valence-corrected chi connectivity index (χ2v) is 15.0. The van der Waals surface area contributed by atoms with E-state index in [1.165, 1.54) is 17.3 Å². The fourth-order valence-corrected chi connectivity index (χ4v) is 9.24. The molecule has 1 aromatic carbocycles. The molecule has 10 nitrogen and oxygen atoms in total. The molecule has 2 N–H and O–H groups in total. The minimum Gasteiger partial charge on any atom is -0.324 e. The van der Waals surface area contributed by atoms with E-state index in [2.05, 4.69) is 50.8 Å². The molecule has 3 aliphatic rings. The molecule has 2 fully saturated rings. The van der Waals surface area contributed by atoms with Gasteiger partial charge in [0, 0.05) is 47.8 Å². The number of benzene rings is 1. The van der Waals surface area contributed by atoms with E-state index in [1.54, 1.807) is 23.0 Å². The number of aromatic nitrogens is 4. The van der Waals surface area contributed by atoms with Gasteiger partial charge in [0.1, 0.15) is 5.65 Å². The minimum absolute atomic E-state index is 0.0255. The van der Waals surface area contributed by atoms with E-state index < -0.39 is 15.1 Å². The molecule has 0 bridgehead atoms. The van der Waals surface area contributed by atoms with Gasteiger partial charge in [0.25, 0.3) is 5.56 Å². The lowest BCUT2D eigenvalue weighted by Gasteiger charge is -2.32. The first-order valence-corrected chi connectivity index (χ1v) is 18.0. The second-order valence-electron chi connectivity index (χ2n) is 12.8. The van der Waals surface area contributed by atoms with E-state index in [9.17, 15) is 13.2 Å². The van der Waals surface area contributed by atoms with Crippen molar-refractivity contribution in [2.75, 3.05) is 32.0 Å². The van der Waals surface area contributed by atoms with Gasteiger partial charge in [-0.15, -0.1) is 0 Å². The smallest absolute Gasteiger partial charge is 0.257 e. The van der Waals surface area contributed by atoms with Crippen molar-refractivity contribution < 1.29 is 8.42 Å². The average molecular weight is 640 g/mol. The number of hydrogen-bond acceptors (Lipinski definition) is 9. The zero-order chi connectivity index (χ0) is 31.7. The van der Waals surface area contributed by atoms with Crippen LogP contribution in [0, 0.1) is 0 Å². The summed E-state index contributed by atoms with van der Waals surface area (Å²) in [6, 6.07) is 11.8. The second kappa shape index (κ2) is 13.1. The summed E-state index contributed by atoms with van der Waals surface area (Å²) in [5.74, 6) is 0.366. The normalized spacial score (nSPS) is 19.8. The summed E-state index contributed by atoms with van der Waals surface area (Å²) in [7, 11) is -1.54. The molecule has 1 atom stereocenters. The fraction of sp³-hybridized carbons (Fsp3) is 0.429. The van der Waals surface area contributed by atoms with Crippen LogP contribution in [0.15, 0.2) is 70.8 Å². The van der Waals surface area contributed by atoms with Crippen LogP contribution in [0.3, 0.4) is 0 Å². The molecular formula is C35H41N7O3S. The Balaban J connectivity index is 1.29. The molecule has 7 rings (SSSR count). The van der Waals surface area contributed by atoms with E-state index >= 15 is 0 Å². The lowest BCUT2D eigenvalue weighted by Crippen LogP contribution is -2.36. The molecule has 1 unspecified atom stereocenters. The standard InChI is InChI=1S/C35H41N7O3S/c1-41-19-5-4-8-31(41)30-20-27-21-38-35(39-28-11-9-24(10-12-28)25-13-16-36-17-14-25)40-33(27)42(34(30)43)23-26-15-18-37-22-32(26)46(44,45)29-6-2-3-7-29/h9-13,15,18,20-22,29,31,36H,2-8,14,16-17,19,23H2,1H3,(H,38,39,40). The van der Waals surface area contributed by atoms with Gasteiger partial charge in [-0.3, -0.25) is 19.2 Å². The van der Waals surface area contributed by atoms with Crippen molar-refractivity contribution in [3.05, 3.63) is 88.1 Å². The molecule has 1 saturated carbocycles. The van der Waals surface area contributed by atoms with Gasteiger partial charge in [0.2, 0.25) is 5.95 Å². The molecule has 5 heterocycles. The summed E-state index contributed by atoms with van der Waals surface area (Å²) in [5.41, 5.74) is 4.92. The van der Waals surface area contributed by atoms with Crippen LogP contribution in [0.25, 0.3) is 16.6 Å². The predicted octanol–water partition coefficient (Wildman–Crippen LogP) is 5.23. The molecule has 240 valence electrons. The zero-order valence-electron chi connectivity index (χ0n) is 26.3. The van der Waals surface area contributed by atoms with Gasteiger partial charge in [-0.05, 0) is 93.2 Å². The highest BCUT2D eigenvalue weighted by atomic mass is 32.2. The molecule has 4 aromatic rings. The average Bonchev–Trinajstić information content (AvgIpc) is 3.64. The van der Waals surface area contributed by atoms with Gasteiger partial charge in [-0.25, -0.2) is 13.4 Å². The van der Waals surface area contributed by atoms with Gasteiger partial charge in [0.15, 0.2) is 9.84 Å². The van der Waals surface area contributed by atoms with Crippen molar-refractivity contribution in [1.82, 2.24) is 29.7 Å². The van der Waals surface area contributed by atoms with Gasteiger partial charge in [-0.2, -0.15) is 4.98 Å². The van der Waals surface area contributed by atoms with Gasteiger partial charge in [0.05, 0.1) is 16.7 Å². The lowest BCUT2D eigenvalue weighted by molar-refractivity contribution is 0.186. The third-order valence-corrected chi connectivity index (χ3v) is 12.1. The van der Waals surface area contributed by atoms with E-state index in [0.717, 1.165) is 69.2 Å². The first-order valence-electron chi connectivity index (χ1n) is 16.4. The van der Waals surface area contributed by atoms with Crippen molar-refractivity contribution in [2.24, 2.45) is 0 Å². The van der Waals surface area contributed by atoms with E-state index in [4.69, 9.17) is 4.98 Å². The molecule has 0 radical (unpaired) electrons. The largest absolute Gasteiger partial charge is 0.324 e. The quantitative estimate of drug-likeness (QED) is 0.267. The SMILES string of the molecule is CN1CCCCC1c1cc2cnc(Nc3ccc(C4=CCNCC4)cc3)nc2n(Cc2ccncc2S(=O)(=O)C2CCCC2)c1=O. The molecule has 0 spiro atoms. The van der Waals surface area contributed by atoms with Crippen molar-refractivity contribution in [2.45, 2.75) is 74.1 Å². The maximum absolute atomic E-state index is 14.4. The molecule has 1 aliphatic carbocycles. The number of piperidine rings is 1. The molecule has 11 heteroatoms. The van der Waals surface area contributed by atoms with Gasteiger partial charge >= 0.3 is 0 Å². The maximum atomic E-state index is 14.4. The van der Waals surface area contributed by atoms with Crippen molar-refractivity contribution in [1.29, 1.82) is 0 Å². The van der Waals surface area contributed by atoms with Crippen LogP contribution in [-0.4, -0.2) is 64.8 Å². The number of rotatable bonds is 8. The number of anilines is 2. The van der Waals surface area contributed by atoms with Gasteiger partial charge < -0.3 is 10.6 Å². The third-order valence-electron chi connectivity index (χ3n) is 9.81. The van der Waals surface area contributed by atoms with Crippen molar-refractivity contribution in [3.63, 3.8) is 0 Å². The Hall–Kier alpha value is -3.93. The van der Waals surface area contributed by atoms with Crippen LogP contribution in [0.2, 0.25) is 0 Å². The summed E-state index contributed by atoms with van der Waals surface area (Å²) in [4.78, 5) is 30.5. The first-order chi connectivity index (χ1) is 22.4. The molecule has 2 aliphatic heterocycles. The Morgan fingerprint density at radius 3 is 2.59 bits per heavy atom. The summed E-state index contributed by atoms with van der Waals surface area (Å²) < 4.78 is 29.1. The van der Waals surface area contributed by atoms with Crippen LogP contribution in [0.1, 0.15) is 74.1 Å². The monoisotopic (exact) mass is 639 g/mol. The predicted molar refractivity (Wildman–Crippen MR) is 181 cm³/mol. The highest BCUT2D eigenvalue weighted by Gasteiger charge is 2.33. The van der Waals surface area contributed by atoms with Crippen LogP contribution in [0.5, 0.6) is 0 Å². The van der Waals surface area contributed by atoms with Gasteiger partial charge in [-0.1, -0.05) is 37.5 Å². The lowest BCUT2D eigenvalue weighted by atomic mass is 9.96. The van der Waals surface area contributed by atoms with E-state index in [-0.39, 0.29) is 23.0 Å². The molecule has 3 aromatic heterocycles. The van der Waals surface area contributed by atoms with Crippen LogP contribution in [0.4, 0.5) is 11.6 Å². The Bertz CT molecular complexity index is 1930. The Morgan fingerprint density at radius 1 is 1.02 bits per heavy atom. The van der Waals surface area contributed by atoms with Crippen LogP contribution >= 0.6 is 0 Å². The highest BCUT2D eigenvalue weighted by molar-refractivity contribution is 7.92. The summed E-state index contributed by atoms with van der Waals surface area (Å²) >= 11 is 0. The third kappa shape index (κ3) is 6.11. The number of nitrogens with one attached hydrogen (secondary N) is 2.